The second kappa shape index (κ2) is 10.9. The molecular weight excluding hydrogens is 489 g/mol. The molecule has 1 aromatic heterocycles. The predicted molar refractivity (Wildman–Crippen MR) is 112 cm³/mol. The van der Waals surface area contributed by atoms with E-state index in [0.29, 0.717) is 6.54 Å². The molecule has 23 heavy (non-hydrogen) atoms. The summed E-state index contributed by atoms with van der Waals surface area (Å²) in [5.41, 5.74) is 1.16. The van der Waals surface area contributed by atoms with Crippen LogP contribution in [0, 0.1) is 0 Å². The van der Waals surface area contributed by atoms with Gasteiger partial charge in [-0.25, -0.2) is 0 Å². The molecule has 4 nitrogen and oxygen atoms in total. The summed E-state index contributed by atoms with van der Waals surface area (Å²) in [6.45, 7) is 1.56. The molecule has 0 saturated heterocycles. The third-order valence-electron chi connectivity index (χ3n) is 3.11. The van der Waals surface area contributed by atoms with Crippen molar-refractivity contribution in [3.05, 3.63) is 50.6 Å². The fourth-order valence-electron chi connectivity index (χ4n) is 1.98. The summed E-state index contributed by atoms with van der Waals surface area (Å²) < 4.78 is 6.40. The molecule has 1 aromatic carbocycles. The van der Waals surface area contributed by atoms with Crippen LogP contribution in [0.4, 0.5) is 0 Å². The van der Waals surface area contributed by atoms with Gasteiger partial charge in [-0.05, 0) is 52.2 Å². The van der Waals surface area contributed by atoms with E-state index in [4.69, 9.17) is 4.74 Å². The van der Waals surface area contributed by atoms with Gasteiger partial charge in [0.25, 0.3) is 0 Å². The van der Waals surface area contributed by atoms with Gasteiger partial charge in [-0.3, -0.25) is 4.99 Å². The number of nitrogens with one attached hydrogen (secondary N) is 2. The van der Waals surface area contributed by atoms with Crippen molar-refractivity contribution in [2.24, 2.45) is 4.99 Å². The Hall–Kier alpha value is -0.800. The first-order valence-corrected chi connectivity index (χ1v) is 8.64. The average molecular weight is 510 g/mol. The lowest BCUT2D eigenvalue weighted by atomic mass is 10.2. The number of benzene rings is 1. The predicted octanol–water partition coefficient (Wildman–Crippen LogP) is 4.04. The van der Waals surface area contributed by atoms with Gasteiger partial charge in [0.05, 0.1) is 10.9 Å². The van der Waals surface area contributed by atoms with Crippen LogP contribution in [-0.4, -0.2) is 26.7 Å². The van der Waals surface area contributed by atoms with Crippen molar-refractivity contribution in [1.29, 1.82) is 0 Å². The molecule has 0 amide bonds. The molecule has 0 fully saturated rings. The van der Waals surface area contributed by atoms with E-state index >= 15 is 0 Å². The van der Waals surface area contributed by atoms with Crippen LogP contribution in [0.5, 0.6) is 5.75 Å². The topological polar surface area (TPSA) is 45.7 Å². The lowest BCUT2D eigenvalue weighted by Gasteiger charge is -2.12. The number of aliphatic imine (C=N–C) groups is 1. The Kier molecular flexibility index (Phi) is 9.57. The quantitative estimate of drug-likeness (QED) is 0.351. The zero-order valence-electron chi connectivity index (χ0n) is 13.1. The molecule has 0 radical (unpaired) electrons. The summed E-state index contributed by atoms with van der Waals surface area (Å²) >= 11 is 5.24. The van der Waals surface area contributed by atoms with E-state index < -0.39 is 0 Å². The zero-order chi connectivity index (χ0) is 15.8. The summed E-state index contributed by atoms with van der Waals surface area (Å²) in [5, 5.41) is 6.63. The van der Waals surface area contributed by atoms with Crippen LogP contribution in [0.3, 0.4) is 0 Å². The van der Waals surface area contributed by atoms with Gasteiger partial charge in [-0.2, -0.15) is 0 Å². The van der Waals surface area contributed by atoms with Gasteiger partial charge in [-0.15, -0.1) is 35.3 Å². The summed E-state index contributed by atoms with van der Waals surface area (Å²) in [5.74, 6) is 1.67. The molecule has 2 rings (SSSR count). The van der Waals surface area contributed by atoms with Gasteiger partial charge in [0.15, 0.2) is 5.96 Å². The van der Waals surface area contributed by atoms with E-state index in [0.717, 1.165) is 30.2 Å². The van der Waals surface area contributed by atoms with Crippen LogP contribution in [0.1, 0.15) is 10.4 Å². The molecule has 2 N–H and O–H groups in total. The van der Waals surface area contributed by atoms with E-state index in [1.54, 1.807) is 25.5 Å². The molecule has 0 spiro atoms. The molecule has 2 aromatic rings. The molecule has 0 atom stereocenters. The number of methoxy groups -OCH3 is 1. The number of rotatable bonds is 6. The molecule has 0 saturated carbocycles. The van der Waals surface area contributed by atoms with Gasteiger partial charge in [0.2, 0.25) is 0 Å². The molecule has 0 aliphatic heterocycles. The first-order valence-electron chi connectivity index (χ1n) is 7.03. The van der Waals surface area contributed by atoms with E-state index in [2.05, 4.69) is 49.8 Å². The molecular formula is C16H21BrIN3OS. The van der Waals surface area contributed by atoms with Gasteiger partial charge >= 0.3 is 0 Å². The van der Waals surface area contributed by atoms with E-state index in [1.807, 2.05) is 18.2 Å². The Morgan fingerprint density at radius 1 is 1.26 bits per heavy atom. The highest BCUT2D eigenvalue weighted by molar-refractivity contribution is 14.0. The number of hydrogen-bond acceptors (Lipinski definition) is 3. The maximum atomic E-state index is 5.23. The number of thiophene rings is 1. The fourth-order valence-corrected chi connectivity index (χ4v) is 3.46. The van der Waals surface area contributed by atoms with Crippen LogP contribution >= 0.6 is 51.2 Å². The van der Waals surface area contributed by atoms with Gasteiger partial charge < -0.3 is 15.4 Å². The maximum Gasteiger partial charge on any atom is 0.191 e. The number of halogens is 2. The van der Waals surface area contributed by atoms with Crippen molar-refractivity contribution < 1.29 is 4.74 Å². The van der Waals surface area contributed by atoms with E-state index in [1.165, 1.54) is 8.66 Å². The first kappa shape index (κ1) is 20.2. The van der Waals surface area contributed by atoms with Crippen molar-refractivity contribution in [2.75, 3.05) is 20.7 Å². The number of nitrogens with zero attached hydrogens (tertiary/aromatic N) is 1. The lowest BCUT2D eigenvalue weighted by Crippen LogP contribution is -2.37. The lowest BCUT2D eigenvalue weighted by molar-refractivity contribution is 0.414. The van der Waals surface area contributed by atoms with Crippen molar-refractivity contribution in [3.63, 3.8) is 0 Å². The minimum Gasteiger partial charge on any atom is -0.497 e. The second-order valence-electron chi connectivity index (χ2n) is 4.66. The normalized spacial score (nSPS) is 10.8. The standard InChI is InChI=1S/C16H20BrN3OS.HI/c1-18-16(19-9-8-14-6-7-15(17)22-14)20-11-12-4-3-5-13(10-12)21-2;/h3-7,10H,8-9,11H2,1-2H3,(H2,18,19,20);1H. The summed E-state index contributed by atoms with van der Waals surface area (Å²) in [6.07, 6.45) is 0.982. The van der Waals surface area contributed by atoms with Crippen LogP contribution in [0.15, 0.2) is 45.2 Å². The molecule has 0 aliphatic carbocycles. The third-order valence-corrected chi connectivity index (χ3v) is 4.79. The average Bonchev–Trinajstić information content (AvgIpc) is 2.96. The Morgan fingerprint density at radius 2 is 2.09 bits per heavy atom. The molecule has 0 unspecified atom stereocenters. The maximum absolute atomic E-state index is 5.23. The largest absolute Gasteiger partial charge is 0.497 e. The van der Waals surface area contributed by atoms with Crippen molar-refractivity contribution >= 4 is 57.2 Å². The van der Waals surface area contributed by atoms with Gasteiger partial charge in [-0.1, -0.05) is 12.1 Å². The number of ether oxygens (including phenoxy) is 1. The molecule has 7 heteroatoms. The van der Waals surface area contributed by atoms with Crippen LogP contribution < -0.4 is 15.4 Å². The first-order chi connectivity index (χ1) is 10.7. The highest BCUT2D eigenvalue weighted by Gasteiger charge is 2.01. The smallest absolute Gasteiger partial charge is 0.191 e. The van der Waals surface area contributed by atoms with Crippen molar-refractivity contribution in [2.45, 2.75) is 13.0 Å². The second-order valence-corrected chi connectivity index (χ2v) is 7.21. The highest BCUT2D eigenvalue weighted by atomic mass is 127. The third kappa shape index (κ3) is 7.09. The Morgan fingerprint density at radius 3 is 2.74 bits per heavy atom. The van der Waals surface area contributed by atoms with Crippen molar-refractivity contribution in [1.82, 2.24) is 10.6 Å². The zero-order valence-corrected chi connectivity index (χ0v) is 17.9. The fraction of sp³-hybridized carbons (Fsp3) is 0.312. The van der Waals surface area contributed by atoms with E-state index in [9.17, 15) is 0 Å². The SMILES string of the molecule is CN=C(NCCc1ccc(Br)s1)NCc1cccc(OC)c1.I. The van der Waals surface area contributed by atoms with Crippen LogP contribution in [-0.2, 0) is 13.0 Å². The highest BCUT2D eigenvalue weighted by Crippen LogP contribution is 2.22. The van der Waals surface area contributed by atoms with Crippen molar-refractivity contribution in [3.8, 4) is 5.75 Å². The minimum absolute atomic E-state index is 0. The number of hydrogen-bond donors (Lipinski definition) is 2. The Bertz CT molecular complexity index is 633. The summed E-state index contributed by atoms with van der Waals surface area (Å²) in [6, 6.07) is 12.2. The van der Waals surface area contributed by atoms with Gasteiger partial charge in [0.1, 0.15) is 5.75 Å². The molecule has 0 bridgehead atoms. The monoisotopic (exact) mass is 509 g/mol. The summed E-state index contributed by atoms with van der Waals surface area (Å²) in [4.78, 5) is 5.59. The van der Waals surface area contributed by atoms with Gasteiger partial charge in [0, 0.05) is 25.0 Å². The molecule has 1 heterocycles. The Labute approximate surface area is 166 Å². The van der Waals surface area contributed by atoms with Crippen LogP contribution in [0.25, 0.3) is 0 Å². The van der Waals surface area contributed by atoms with E-state index in [-0.39, 0.29) is 24.0 Å². The van der Waals surface area contributed by atoms with Crippen LogP contribution in [0.2, 0.25) is 0 Å². The number of guanidine groups is 1. The minimum atomic E-state index is 0. The summed E-state index contributed by atoms with van der Waals surface area (Å²) in [7, 11) is 3.46. The molecule has 0 aliphatic rings. The molecule has 126 valence electrons. The Balaban J connectivity index is 0.00000264.